The van der Waals surface area contributed by atoms with Crippen molar-refractivity contribution in [3.63, 3.8) is 0 Å². The lowest BCUT2D eigenvalue weighted by Gasteiger charge is -2.11. The molecule has 0 saturated carbocycles. The molecule has 0 amide bonds. The molecule has 76 valence electrons. The largest absolute Gasteiger partial charge is 0.496 e. The Morgan fingerprint density at radius 2 is 2.21 bits per heavy atom. The Morgan fingerprint density at radius 1 is 1.57 bits per heavy atom. The zero-order chi connectivity index (χ0) is 10.6. The summed E-state index contributed by atoms with van der Waals surface area (Å²) in [5.74, 6) is -0.301. The predicted octanol–water partition coefficient (Wildman–Crippen LogP) is 2.45. The number of halogens is 1. The van der Waals surface area contributed by atoms with Gasteiger partial charge < -0.3 is 9.84 Å². The SMILES string of the molecule is COc1ccccc1C(Cl)CC(=O)O. The number of alkyl halides is 1. The molecule has 1 aromatic rings. The van der Waals surface area contributed by atoms with E-state index in [-0.39, 0.29) is 6.42 Å². The third-order valence-electron chi connectivity index (χ3n) is 1.83. The van der Waals surface area contributed by atoms with Crippen LogP contribution in [0.3, 0.4) is 0 Å². The normalized spacial score (nSPS) is 12.1. The van der Waals surface area contributed by atoms with Crippen LogP contribution in [0.5, 0.6) is 5.75 Å². The topological polar surface area (TPSA) is 46.5 Å². The molecular formula is C10H11ClO3. The second-order valence-corrected chi connectivity index (χ2v) is 3.33. The van der Waals surface area contributed by atoms with Crippen LogP contribution in [-0.2, 0) is 4.79 Å². The fraction of sp³-hybridized carbons (Fsp3) is 0.300. The van der Waals surface area contributed by atoms with E-state index in [0.717, 1.165) is 0 Å². The van der Waals surface area contributed by atoms with Crippen LogP contribution in [0.25, 0.3) is 0 Å². The van der Waals surface area contributed by atoms with Crippen molar-refractivity contribution in [2.24, 2.45) is 0 Å². The highest BCUT2D eigenvalue weighted by atomic mass is 35.5. The molecule has 1 N–H and O–H groups in total. The van der Waals surface area contributed by atoms with E-state index in [9.17, 15) is 4.79 Å². The Balaban J connectivity index is 2.87. The van der Waals surface area contributed by atoms with E-state index < -0.39 is 11.3 Å². The minimum Gasteiger partial charge on any atom is -0.496 e. The molecule has 1 rings (SSSR count). The molecular weight excluding hydrogens is 204 g/mol. The van der Waals surface area contributed by atoms with Crippen LogP contribution >= 0.6 is 11.6 Å². The highest BCUT2D eigenvalue weighted by molar-refractivity contribution is 6.22. The van der Waals surface area contributed by atoms with Crippen molar-refractivity contribution in [1.82, 2.24) is 0 Å². The van der Waals surface area contributed by atoms with Gasteiger partial charge in [0.05, 0.1) is 18.9 Å². The van der Waals surface area contributed by atoms with Gasteiger partial charge in [-0.3, -0.25) is 4.79 Å². The Morgan fingerprint density at radius 3 is 2.79 bits per heavy atom. The number of para-hydroxylation sites is 1. The van der Waals surface area contributed by atoms with Crippen molar-refractivity contribution in [3.05, 3.63) is 29.8 Å². The van der Waals surface area contributed by atoms with Crippen LogP contribution in [-0.4, -0.2) is 18.2 Å². The Hall–Kier alpha value is -1.22. The van der Waals surface area contributed by atoms with Gasteiger partial charge in [0.2, 0.25) is 0 Å². The Kier molecular flexibility index (Phi) is 3.77. The monoisotopic (exact) mass is 214 g/mol. The van der Waals surface area contributed by atoms with E-state index in [0.29, 0.717) is 11.3 Å². The molecule has 0 bridgehead atoms. The summed E-state index contributed by atoms with van der Waals surface area (Å²) in [5.41, 5.74) is 0.707. The number of hydrogen-bond acceptors (Lipinski definition) is 2. The van der Waals surface area contributed by atoms with Gasteiger partial charge in [0.15, 0.2) is 0 Å². The molecule has 0 aliphatic carbocycles. The number of carboxylic acids is 1. The van der Waals surface area contributed by atoms with E-state index in [2.05, 4.69) is 0 Å². The fourth-order valence-corrected chi connectivity index (χ4v) is 1.50. The molecule has 4 heteroatoms. The first kappa shape index (κ1) is 10.9. The number of aliphatic carboxylic acids is 1. The average molecular weight is 215 g/mol. The first-order chi connectivity index (χ1) is 6.65. The number of carboxylic acid groups (broad SMARTS) is 1. The predicted molar refractivity (Wildman–Crippen MR) is 53.8 cm³/mol. The zero-order valence-electron chi connectivity index (χ0n) is 7.74. The maximum absolute atomic E-state index is 10.5. The van der Waals surface area contributed by atoms with Crippen molar-refractivity contribution in [3.8, 4) is 5.75 Å². The summed E-state index contributed by atoms with van der Waals surface area (Å²) in [6.07, 6.45) is -0.109. The van der Waals surface area contributed by atoms with E-state index in [1.807, 2.05) is 6.07 Å². The summed E-state index contributed by atoms with van der Waals surface area (Å²) in [7, 11) is 1.53. The van der Waals surface area contributed by atoms with E-state index in [1.165, 1.54) is 7.11 Å². The molecule has 1 aromatic carbocycles. The van der Waals surface area contributed by atoms with Gasteiger partial charge in [-0.1, -0.05) is 18.2 Å². The van der Waals surface area contributed by atoms with Crippen molar-refractivity contribution in [2.45, 2.75) is 11.8 Å². The summed E-state index contributed by atoms with van der Waals surface area (Å²) in [6, 6.07) is 7.13. The summed E-state index contributed by atoms with van der Waals surface area (Å²) in [4.78, 5) is 10.5. The van der Waals surface area contributed by atoms with Crippen LogP contribution < -0.4 is 4.74 Å². The van der Waals surface area contributed by atoms with Crippen LogP contribution in [0.15, 0.2) is 24.3 Å². The van der Waals surface area contributed by atoms with Gasteiger partial charge in [0, 0.05) is 5.56 Å². The second kappa shape index (κ2) is 4.86. The van der Waals surface area contributed by atoms with Crippen LogP contribution in [0.2, 0.25) is 0 Å². The maximum atomic E-state index is 10.5. The molecule has 0 aliphatic heterocycles. The molecule has 0 heterocycles. The lowest BCUT2D eigenvalue weighted by atomic mass is 10.1. The second-order valence-electron chi connectivity index (χ2n) is 2.81. The van der Waals surface area contributed by atoms with Gasteiger partial charge in [-0.2, -0.15) is 0 Å². The number of ether oxygens (including phenoxy) is 1. The molecule has 0 spiro atoms. The van der Waals surface area contributed by atoms with Gasteiger partial charge in [0.25, 0.3) is 0 Å². The lowest BCUT2D eigenvalue weighted by molar-refractivity contribution is -0.137. The first-order valence-corrected chi connectivity index (χ1v) is 4.57. The summed E-state index contributed by atoms with van der Waals surface area (Å²) < 4.78 is 5.07. The van der Waals surface area contributed by atoms with Gasteiger partial charge in [-0.25, -0.2) is 0 Å². The number of rotatable bonds is 4. The zero-order valence-corrected chi connectivity index (χ0v) is 8.49. The molecule has 3 nitrogen and oxygen atoms in total. The molecule has 1 atom stereocenters. The smallest absolute Gasteiger partial charge is 0.305 e. The third-order valence-corrected chi connectivity index (χ3v) is 2.22. The molecule has 0 fully saturated rings. The highest BCUT2D eigenvalue weighted by Gasteiger charge is 2.15. The van der Waals surface area contributed by atoms with Crippen LogP contribution in [0.1, 0.15) is 17.4 Å². The molecule has 0 aliphatic rings. The number of methoxy groups -OCH3 is 1. The Labute approximate surface area is 87.3 Å². The third kappa shape index (κ3) is 2.64. The summed E-state index contributed by atoms with van der Waals surface area (Å²) >= 11 is 5.92. The molecule has 0 aromatic heterocycles. The fourth-order valence-electron chi connectivity index (χ4n) is 1.19. The van der Waals surface area contributed by atoms with Crippen molar-refractivity contribution >= 4 is 17.6 Å². The molecule has 1 unspecified atom stereocenters. The van der Waals surface area contributed by atoms with Gasteiger partial charge in [-0.05, 0) is 6.07 Å². The van der Waals surface area contributed by atoms with Gasteiger partial charge >= 0.3 is 5.97 Å². The van der Waals surface area contributed by atoms with E-state index in [1.54, 1.807) is 18.2 Å². The number of hydrogen-bond donors (Lipinski definition) is 1. The standard InChI is InChI=1S/C10H11ClO3/c1-14-9-5-3-2-4-7(9)8(11)6-10(12)13/h2-5,8H,6H2,1H3,(H,12,13). The van der Waals surface area contributed by atoms with Gasteiger partial charge in [0.1, 0.15) is 5.75 Å². The van der Waals surface area contributed by atoms with Gasteiger partial charge in [-0.15, -0.1) is 11.6 Å². The minimum absolute atomic E-state index is 0.109. The van der Waals surface area contributed by atoms with Crippen molar-refractivity contribution in [1.29, 1.82) is 0 Å². The lowest BCUT2D eigenvalue weighted by Crippen LogP contribution is -2.02. The summed E-state index contributed by atoms with van der Waals surface area (Å²) in [5, 5.41) is 8.03. The van der Waals surface area contributed by atoms with Crippen LogP contribution in [0, 0.1) is 0 Å². The average Bonchev–Trinajstić information content (AvgIpc) is 2.16. The summed E-state index contributed by atoms with van der Waals surface area (Å²) in [6.45, 7) is 0. The van der Waals surface area contributed by atoms with Crippen molar-refractivity contribution in [2.75, 3.05) is 7.11 Å². The van der Waals surface area contributed by atoms with Crippen molar-refractivity contribution < 1.29 is 14.6 Å². The quantitative estimate of drug-likeness (QED) is 0.784. The highest BCUT2D eigenvalue weighted by Crippen LogP contribution is 2.31. The van der Waals surface area contributed by atoms with E-state index in [4.69, 9.17) is 21.4 Å². The molecule has 0 saturated heterocycles. The van der Waals surface area contributed by atoms with E-state index >= 15 is 0 Å². The first-order valence-electron chi connectivity index (χ1n) is 4.14. The maximum Gasteiger partial charge on any atom is 0.305 e. The molecule has 14 heavy (non-hydrogen) atoms. The Bertz CT molecular complexity index is 325. The number of benzene rings is 1. The number of carbonyl (C=O) groups is 1. The minimum atomic E-state index is -0.920. The molecule has 0 radical (unpaired) electrons. The van der Waals surface area contributed by atoms with Crippen LogP contribution in [0.4, 0.5) is 0 Å².